The highest BCUT2D eigenvalue weighted by Crippen LogP contribution is 2.11. The topological polar surface area (TPSA) is 75.7 Å². The number of likely N-dealkylation sites (N-methyl/N-ethyl adjacent to an activating group) is 1. The zero-order valence-corrected chi connectivity index (χ0v) is 20.2. The fourth-order valence-electron chi connectivity index (χ4n) is 3.21. The molecule has 0 aliphatic heterocycles. The van der Waals surface area contributed by atoms with Crippen molar-refractivity contribution < 1.29 is 19.1 Å². The molecule has 1 atom stereocenters. The highest BCUT2D eigenvalue weighted by Gasteiger charge is 2.20. The quantitative estimate of drug-likeness (QED) is 0.542. The Morgan fingerprint density at radius 3 is 2.27 bits per heavy atom. The number of hydrogen-bond acceptors (Lipinski definition) is 4. The van der Waals surface area contributed by atoms with Crippen LogP contribution in [0.2, 0.25) is 0 Å². The van der Waals surface area contributed by atoms with Crippen LogP contribution in [-0.4, -0.2) is 47.9 Å². The number of esters is 1. The van der Waals surface area contributed by atoms with Gasteiger partial charge in [0.2, 0.25) is 5.91 Å². The summed E-state index contributed by atoms with van der Waals surface area (Å²) in [5.74, 6) is 5.42. The van der Waals surface area contributed by atoms with Gasteiger partial charge in [-0.1, -0.05) is 30.0 Å². The number of rotatable bonds is 6. The van der Waals surface area contributed by atoms with E-state index >= 15 is 0 Å². The Morgan fingerprint density at radius 1 is 1.03 bits per heavy atom. The summed E-state index contributed by atoms with van der Waals surface area (Å²) in [6.45, 7) is 8.71. The molecule has 0 spiro atoms. The van der Waals surface area contributed by atoms with Crippen LogP contribution in [0.25, 0.3) is 0 Å². The van der Waals surface area contributed by atoms with Gasteiger partial charge < -0.3 is 15.0 Å². The second-order valence-corrected chi connectivity index (χ2v) is 9.08. The Kier molecular flexibility index (Phi) is 8.81. The summed E-state index contributed by atoms with van der Waals surface area (Å²) in [5.41, 5.74) is 2.52. The van der Waals surface area contributed by atoms with Gasteiger partial charge in [-0.25, -0.2) is 0 Å². The number of nitrogens with one attached hydrogen (secondary N) is 1. The van der Waals surface area contributed by atoms with Crippen molar-refractivity contribution in [3.8, 4) is 11.8 Å². The van der Waals surface area contributed by atoms with Gasteiger partial charge in [0.25, 0.3) is 5.91 Å². The minimum atomic E-state index is -0.599. The Bertz CT molecular complexity index is 1060. The molecule has 0 aliphatic rings. The smallest absolute Gasteiger partial charge is 0.326 e. The van der Waals surface area contributed by atoms with Crippen LogP contribution < -0.4 is 5.32 Å². The molecule has 2 aromatic rings. The van der Waals surface area contributed by atoms with Crippen LogP contribution in [0.5, 0.6) is 0 Å². The molecule has 0 heterocycles. The Labute approximate surface area is 196 Å². The normalized spacial score (nSPS) is 11.6. The highest BCUT2D eigenvalue weighted by atomic mass is 16.6. The van der Waals surface area contributed by atoms with Gasteiger partial charge in [-0.15, -0.1) is 0 Å². The van der Waals surface area contributed by atoms with Crippen molar-refractivity contribution in [2.75, 3.05) is 13.6 Å². The lowest BCUT2D eigenvalue weighted by molar-refractivity contribution is -0.155. The monoisotopic (exact) mass is 448 g/mol. The third-order valence-electron chi connectivity index (χ3n) is 4.54. The van der Waals surface area contributed by atoms with Gasteiger partial charge in [0, 0.05) is 36.7 Å². The van der Waals surface area contributed by atoms with Crippen LogP contribution in [0.4, 0.5) is 0 Å². The van der Waals surface area contributed by atoms with E-state index in [1.807, 2.05) is 37.3 Å². The number of amides is 2. The lowest BCUT2D eigenvalue weighted by atomic mass is 10.0. The SMILES string of the molecule is CC(=O)NC(C)Cc1ccc(C#Cc2cccc(C(=O)N(C)CC(=O)OC(C)(C)C)c2)cc1. The van der Waals surface area contributed by atoms with E-state index in [1.54, 1.807) is 46.0 Å². The van der Waals surface area contributed by atoms with Crippen molar-refractivity contribution >= 4 is 17.8 Å². The zero-order chi connectivity index (χ0) is 24.6. The van der Waals surface area contributed by atoms with Gasteiger partial charge in [0.05, 0.1) is 0 Å². The molecule has 0 radical (unpaired) electrons. The van der Waals surface area contributed by atoms with Gasteiger partial charge in [0.1, 0.15) is 12.1 Å². The summed E-state index contributed by atoms with van der Waals surface area (Å²) in [5, 5.41) is 2.87. The van der Waals surface area contributed by atoms with Gasteiger partial charge in [-0.2, -0.15) is 0 Å². The summed E-state index contributed by atoms with van der Waals surface area (Å²) in [7, 11) is 1.57. The molecule has 0 fully saturated rings. The summed E-state index contributed by atoms with van der Waals surface area (Å²) < 4.78 is 5.28. The van der Waals surface area contributed by atoms with Crippen LogP contribution >= 0.6 is 0 Å². The molecule has 1 unspecified atom stereocenters. The van der Waals surface area contributed by atoms with Crippen molar-refractivity contribution in [3.05, 3.63) is 70.8 Å². The molecular weight excluding hydrogens is 416 g/mol. The van der Waals surface area contributed by atoms with E-state index in [2.05, 4.69) is 17.2 Å². The summed E-state index contributed by atoms with van der Waals surface area (Å²) >= 11 is 0. The van der Waals surface area contributed by atoms with Gasteiger partial charge in [0.15, 0.2) is 0 Å². The number of benzene rings is 2. The van der Waals surface area contributed by atoms with Gasteiger partial charge in [-0.05, 0) is 70.0 Å². The molecular formula is C27H32N2O4. The van der Waals surface area contributed by atoms with Crippen LogP contribution in [0.15, 0.2) is 48.5 Å². The molecule has 6 nitrogen and oxygen atoms in total. The van der Waals surface area contributed by atoms with Crippen molar-refractivity contribution in [2.24, 2.45) is 0 Å². The molecule has 2 aromatic carbocycles. The molecule has 2 amide bonds. The maximum absolute atomic E-state index is 12.7. The molecule has 0 saturated carbocycles. The fourth-order valence-corrected chi connectivity index (χ4v) is 3.21. The number of nitrogens with zero attached hydrogens (tertiary/aromatic N) is 1. The molecule has 0 saturated heterocycles. The summed E-state index contributed by atoms with van der Waals surface area (Å²) in [6, 6.07) is 14.9. The van der Waals surface area contributed by atoms with E-state index in [-0.39, 0.29) is 24.4 Å². The third-order valence-corrected chi connectivity index (χ3v) is 4.54. The second kappa shape index (κ2) is 11.3. The lowest BCUT2D eigenvalue weighted by Crippen LogP contribution is -2.36. The van der Waals surface area contributed by atoms with E-state index in [4.69, 9.17) is 4.74 Å². The Hall–Kier alpha value is -3.59. The van der Waals surface area contributed by atoms with Crippen LogP contribution in [0.1, 0.15) is 61.7 Å². The van der Waals surface area contributed by atoms with Crippen molar-refractivity contribution in [1.29, 1.82) is 0 Å². The van der Waals surface area contributed by atoms with Crippen molar-refractivity contribution in [3.63, 3.8) is 0 Å². The second-order valence-electron chi connectivity index (χ2n) is 9.08. The molecule has 2 rings (SSSR count). The molecule has 174 valence electrons. The molecule has 0 aromatic heterocycles. The first-order chi connectivity index (χ1) is 15.4. The number of carbonyl (C=O) groups is 3. The Morgan fingerprint density at radius 2 is 1.67 bits per heavy atom. The number of carbonyl (C=O) groups excluding carboxylic acids is 3. The molecule has 6 heteroatoms. The maximum Gasteiger partial charge on any atom is 0.326 e. The average Bonchev–Trinajstić information content (AvgIpc) is 2.70. The molecule has 0 aliphatic carbocycles. The van der Waals surface area contributed by atoms with E-state index in [9.17, 15) is 14.4 Å². The highest BCUT2D eigenvalue weighted by molar-refractivity contribution is 5.96. The zero-order valence-electron chi connectivity index (χ0n) is 20.2. The van der Waals surface area contributed by atoms with Crippen LogP contribution in [0.3, 0.4) is 0 Å². The minimum absolute atomic E-state index is 0.0401. The van der Waals surface area contributed by atoms with Crippen LogP contribution in [-0.2, 0) is 20.7 Å². The standard InChI is InChI=1S/C27H32N2O4/c1-19(28-20(2)30)16-23-14-11-21(12-15-23)10-13-22-8-7-9-24(17-22)26(32)29(6)18-25(31)33-27(3,4)5/h7-9,11-12,14-15,17,19H,16,18H2,1-6H3,(H,28,30). The first kappa shape index (κ1) is 25.7. The first-order valence-corrected chi connectivity index (χ1v) is 10.9. The summed E-state index contributed by atoms with van der Waals surface area (Å²) in [6.07, 6.45) is 0.744. The van der Waals surface area contributed by atoms with Gasteiger partial charge in [-0.3, -0.25) is 14.4 Å². The predicted molar refractivity (Wildman–Crippen MR) is 129 cm³/mol. The molecule has 33 heavy (non-hydrogen) atoms. The van der Waals surface area contributed by atoms with Crippen LogP contribution in [0, 0.1) is 11.8 Å². The lowest BCUT2D eigenvalue weighted by Gasteiger charge is -2.22. The first-order valence-electron chi connectivity index (χ1n) is 10.9. The maximum atomic E-state index is 12.7. The predicted octanol–water partition coefficient (Wildman–Crippen LogP) is 3.57. The van der Waals surface area contributed by atoms with E-state index < -0.39 is 11.6 Å². The third kappa shape index (κ3) is 9.20. The number of hydrogen-bond donors (Lipinski definition) is 1. The molecule has 0 bridgehead atoms. The van der Waals surface area contributed by atoms with Gasteiger partial charge >= 0.3 is 5.97 Å². The average molecular weight is 449 g/mol. The minimum Gasteiger partial charge on any atom is -0.459 e. The Balaban J connectivity index is 2.03. The van der Waals surface area contributed by atoms with Crippen molar-refractivity contribution in [2.45, 2.75) is 52.7 Å². The van der Waals surface area contributed by atoms with E-state index in [0.29, 0.717) is 11.1 Å². The van der Waals surface area contributed by atoms with Crippen molar-refractivity contribution in [1.82, 2.24) is 10.2 Å². The molecule has 1 N–H and O–H groups in total. The van der Waals surface area contributed by atoms with E-state index in [1.165, 1.54) is 11.8 Å². The summed E-state index contributed by atoms with van der Waals surface area (Å²) in [4.78, 5) is 37.2. The number of ether oxygens (including phenoxy) is 1. The van der Waals surface area contributed by atoms with E-state index in [0.717, 1.165) is 17.5 Å². The largest absolute Gasteiger partial charge is 0.459 e. The fraction of sp³-hybridized carbons (Fsp3) is 0.370.